The van der Waals surface area contributed by atoms with Gasteiger partial charge in [-0.05, 0) is 57.2 Å². The van der Waals surface area contributed by atoms with E-state index in [0.717, 1.165) is 11.2 Å². The number of benzene rings is 1. The van der Waals surface area contributed by atoms with Crippen molar-refractivity contribution in [1.82, 2.24) is 4.90 Å². The zero-order chi connectivity index (χ0) is 21.5. The molecule has 6 nitrogen and oxygen atoms in total. The van der Waals surface area contributed by atoms with Crippen LogP contribution in [0.1, 0.15) is 27.7 Å². The van der Waals surface area contributed by atoms with Crippen LogP contribution in [-0.2, 0) is 9.31 Å². The fourth-order valence-electron chi connectivity index (χ4n) is 2.38. The number of hydrogen-bond donors (Lipinski definition) is 0. The molecule has 1 amide bonds. The minimum absolute atomic E-state index is 0.109. The van der Waals surface area contributed by atoms with Gasteiger partial charge in [-0.3, -0.25) is 4.79 Å². The summed E-state index contributed by atoms with van der Waals surface area (Å²) < 4.78 is 17.1. The summed E-state index contributed by atoms with van der Waals surface area (Å²) in [6.45, 7) is 7.72. The second-order valence-electron chi connectivity index (χ2n) is 7.73. The molecule has 1 aliphatic rings. The number of carbonyl (C=O) groups is 1. The molecular formula is C19H30B2N2O4S. The summed E-state index contributed by atoms with van der Waals surface area (Å²) in [5, 5.41) is 8.57. The quantitative estimate of drug-likeness (QED) is 0.703. The van der Waals surface area contributed by atoms with Crippen LogP contribution in [0.15, 0.2) is 24.3 Å². The van der Waals surface area contributed by atoms with Crippen molar-refractivity contribution in [2.24, 2.45) is 0 Å². The van der Waals surface area contributed by atoms with Gasteiger partial charge in [-0.15, -0.1) is 0 Å². The Bertz CT molecular complexity index is 674. The van der Waals surface area contributed by atoms with Crippen molar-refractivity contribution in [2.45, 2.75) is 38.9 Å². The molecule has 0 spiro atoms. The fourth-order valence-corrected chi connectivity index (χ4v) is 2.93. The van der Waals surface area contributed by atoms with Gasteiger partial charge in [0.2, 0.25) is 0 Å². The molecule has 28 heavy (non-hydrogen) atoms. The monoisotopic (exact) mass is 404 g/mol. The Morgan fingerprint density at radius 2 is 1.71 bits per heavy atom. The van der Waals surface area contributed by atoms with Crippen molar-refractivity contribution in [3.05, 3.63) is 24.3 Å². The summed E-state index contributed by atoms with van der Waals surface area (Å²) in [6, 6.07) is 7.78. The lowest BCUT2D eigenvalue weighted by atomic mass is 9.52. The first-order chi connectivity index (χ1) is 13.0. The first kappa shape index (κ1) is 24.4. The minimum Gasteiger partial charge on any atom is -0.497 e. The van der Waals surface area contributed by atoms with E-state index >= 15 is 0 Å². The molecule has 0 N–H and O–H groups in total. The highest BCUT2D eigenvalue weighted by atomic mass is 32.2. The van der Waals surface area contributed by atoms with Crippen LogP contribution in [0.3, 0.4) is 0 Å². The summed E-state index contributed by atoms with van der Waals surface area (Å²) in [5.74, 6) is 2.70. The molecule has 0 radical (unpaired) electrons. The highest BCUT2D eigenvalue weighted by molar-refractivity contribution is 8.00. The summed E-state index contributed by atoms with van der Waals surface area (Å²) >= 11 is 1.51. The standard InChI is InChI=1S/C13H19BO3.C6H11BN2OS/c1-12(2)13(3,4)17-14(16-12)10-6-8-11(15-5)9-7-10;1-9(2)6(10)7(4-8)5-11-3/h6-9H,1-5H3;5H2,1-3H3. The van der Waals surface area contributed by atoms with Gasteiger partial charge in [0, 0.05) is 20.1 Å². The fraction of sp³-hybridized carbons (Fsp3) is 0.579. The normalized spacial score (nSPS) is 16.5. The number of rotatable bonds is 5. The first-order valence-electron chi connectivity index (χ1n) is 9.08. The van der Waals surface area contributed by atoms with Crippen molar-refractivity contribution in [3.8, 4) is 11.7 Å². The topological polar surface area (TPSA) is 71.8 Å². The molecule has 0 atom stereocenters. The second kappa shape index (κ2) is 10.2. The van der Waals surface area contributed by atoms with Gasteiger partial charge in [0.1, 0.15) is 5.75 Å². The largest absolute Gasteiger partial charge is 0.497 e. The molecule has 1 aromatic carbocycles. The van der Waals surface area contributed by atoms with Gasteiger partial charge in [-0.1, -0.05) is 12.1 Å². The van der Waals surface area contributed by atoms with E-state index in [9.17, 15) is 4.79 Å². The third-order valence-electron chi connectivity index (χ3n) is 4.87. The van der Waals surface area contributed by atoms with E-state index in [0.29, 0.717) is 5.65 Å². The lowest BCUT2D eigenvalue weighted by Gasteiger charge is -2.32. The average molecular weight is 404 g/mol. The maximum Gasteiger partial charge on any atom is 0.494 e. The Hall–Kier alpha value is -1.62. The number of thioether (sulfide) groups is 1. The van der Waals surface area contributed by atoms with Crippen molar-refractivity contribution in [3.63, 3.8) is 0 Å². The number of amides is 1. The molecule has 1 aromatic rings. The molecule has 0 saturated carbocycles. The third-order valence-corrected chi connectivity index (χ3v) is 5.54. The van der Waals surface area contributed by atoms with Gasteiger partial charge < -0.3 is 18.9 Å². The van der Waals surface area contributed by atoms with E-state index < -0.39 is 6.71 Å². The summed E-state index contributed by atoms with van der Waals surface area (Å²) in [6.07, 6.45) is 1.88. The SMILES string of the molecule is COc1ccc(B2OC(C)(C)C(C)(C)O2)cc1.CSCB(C#N)C(=O)N(C)C. The Morgan fingerprint density at radius 3 is 2.07 bits per heavy atom. The second-order valence-corrected chi connectivity index (χ2v) is 8.64. The molecule has 1 fully saturated rings. The minimum atomic E-state index is -0.486. The molecule has 1 heterocycles. The van der Waals surface area contributed by atoms with Crippen LogP contribution >= 0.6 is 11.8 Å². The number of ether oxygens (including phenoxy) is 1. The maximum atomic E-state index is 11.2. The molecule has 1 aliphatic heterocycles. The average Bonchev–Trinajstić information content (AvgIpc) is 2.87. The number of nitrogens with zero attached hydrogens (tertiary/aromatic N) is 2. The van der Waals surface area contributed by atoms with Crippen molar-refractivity contribution < 1.29 is 18.8 Å². The van der Waals surface area contributed by atoms with Crippen LogP contribution in [0, 0.1) is 11.2 Å². The van der Waals surface area contributed by atoms with E-state index in [4.69, 9.17) is 19.3 Å². The van der Waals surface area contributed by atoms with E-state index in [2.05, 4.69) is 27.7 Å². The van der Waals surface area contributed by atoms with Crippen LogP contribution in [0.4, 0.5) is 4.79 Å². The van der Waals surface area contributed by atoms with Crippen LogP contribution in [0.2, 0.25) is 0 Å². The highest BCUT2D eigenvalue weighted by Crippen LogP contribution is 2.36. The van der Waals surface area contributed by atoms with E-state index in [1.54, 1.807) is 21.2 Å². The number of methoxy groups -OCH3 is 1. The number of carbonyl (C=O) groups excluding carboxylic acids is 1. The number of nitriles is 1. The summed E-state index contributed by atoms with van der Waals surface area (Å²) in [7, 11) is 4.68. The lowest BCUT2D eigenvalue weighted by molar-refractivity contribution is 0.00578. The zero-order valence-corrected chi connectivity index (χ0v) is 18.9. The van der Waals surface area contributed by atoms with Gasteiger partial charge >= 0.3 is 13.8 Å². The van der Waals surface area contributed by atoms with Crippen molar-refractivity contribution >= 4 is 36.9 Å². The first-order valence-corrected chi connectivity index (χ1v) is 10.5. The van der Waals surface area contributed by atoms with Crippen molar-refractivity contribution in [1.29, 1.82) is 5.26 Å². The Morgan fingerprint density at radius 1 is 1.21 bits per heavy atom. The van der Waals surface area contributed by atoms with Crippen LogP contribution in [0.5, 0.6) is 5.75 Å². The lowest BCUT2D eigenvalue weighted by Crippen LogP contribution is -2.41. The Labute approximate surface area is 174 Å². The maximum absolute atomic E-state index is 11.2. The molecule has 9 heteroatoms. The molecule has 0 aliphatic carbocycles. The van der Waals surface area contributed by atoms with E-state index in [1.165, 1.54) is 16.7 Å². The molecule has 0 aromatic heterocycles. The van der Waals surface area contributed by atoms with Crippen LogP contribution in [-0.4, -0.2) is 68.9 Å². The van der Waals surface area contributed by atoms with Crippen LogP contribution in [0.25, 0.3) is 0 Å². The molecule has 152 valence electrons. The van der Waals surface area contributed by atoms with E-state index in [-0.39, 0.29) is 24.1 Å². The molecule has 0 bridgehead atoms. The molecular weight excluding hydrogens is 374 g/mol. The predicted molar refractivity (Wildman–Crippen MR) is 118 cm³/mol. The molecule has 0 unspecified atom stereocenters. The molecule has 1 saturated heterocycles. The van der Waals surface area contributed by atoms with Crippen molar-refractivity contribution in [2.75, 3.05) is 33.1 Å². The number of hydrogen-bond acceptors (Lipinski definition) is 6. The molecule has 2 rings (SSSR count). The van der Waals surface area contributed by atoms with Gasteiger partial charge in [-0.25, -0.2) is 5.26 Å². The Balaban J connectivity index is 0.000000311. The highest BCUT2D eigenvalue weighted by Gasteiger charge is 2.51. The van der Waals surface area contributed by atoms with E-state index in [1.807, 2.05) is 36.5 Å². The predicted octanol–water partition coefficient (Wildman–Crippen LogP) is 2.70. The zero-order valence-electron chi connectivity index (χ0n) is 18.1. The van der Waals surface area contributed by atoms with Gasteiger partial charge in [-0.2, -0.15) is 11.8 Å². The smallest absolute Gasteiger partial charge is 0.494 e. The Kier molecular flexibility index (Phi) is 8.93. The third kappa shape index (κ3) is 6.20. The van der Waals surface area contributed by atoms with Gasteiger partial charge in [0.25, 0.3) is 0 Å². The summed E-state index contributed by atoms with van der Waals surface area (Å²) in [4.78, 5) is 12.6. The summed E-state index contributed by atoms with van der Waals surface area (Å²) in [5.41, 5.74) is 1.01. The van der Waals surface area contributed by atoms with Gasteiger partial charge in [0.15, 0.2) is 5.81 Å². The van der Waals surface area contributed by atoms with Crippen LogP contribution < -0.4 is 10.2 Å². The van der Waals surface area contributed by atoms with Gasteiger partial charge in [0.05, 0.1) is 18.3 Å².